The summed E-state index contributed by atoms with van der Waals surface area (Å²) in [6, 6.07) is 13.7. The molecule has 0 spiro atoms. The maximum atomic E-state index is 11.5. The Kier molecular flexibility index (Phi) is 5.03. The van der Waals surface area contributed by atoms with E-state index in [-0.39, 0.29) is 12.4 Å². The molecule has 0 saturated heterocycles. The fraction of sp³-hybridized carbons (Fsp3) is 0.176. The Bertz CT molecular complexity index is 824. The molecule has 0 radical (unpaired) electrons. The Morgan fingerprint density at radius 3 is 2.48 bits per heavy atom. The molecule has 0 saturated carbocycles. The highest BCUT2D eigenvalue weighted by molar-refractivity contribution is 6.04. The summed E-state index contributed by atoms with van der Waals surface area (Å²) < 4.78 is 1.78. The van der Waals surface area contributed by atoms with E-state index in [0.717, 1.165) is 17.6 Å². The van der Waals surface area contributed by atoms with Crippen LogP contribution in [0.2, 0.25) is 0 Å². The number of rotatable bonds is 4. The van der Waals surface area contributed by atoms with Crippen molar-refractivity contribution in [1.82, 2.24) is 9.78 Å². The lowest BCUT2D eigenvalue weighted by Gasteiger charge is -2.08. The van der Waals surface area contributed by atoms with Crippen LogP contribution in [0, 0.1) is 0 Å². The normalized spacial score (nSPS) is 10.7. The first kappa shape index (κ1) is 17.0. The summed E-state index contributed by atoms with van der Waals surface area (Å²) in [7, 11) is 4.25. The highest BCUT2D eigenvalue weighted by Crippen LogP contribution is 2.19. The zero-order valence-electron chi connectivity index (χ0n) is 13.1. The van der Waals surface area contributed by atoms with Gasteiger partial charge >= 0.3 is 0 Å². The zero-order chi connectivity index (χ0) is 15.7. The van der Waals surface area contributed by atoms with Crippen molar-refractivity contribution in [3.05, 3.63) is 59.8 Å². The van der Waals surface area contributed by atoms with Crippen LogP contribution in [0.15, 0.2) is 48.7 Å². The number of hydrogen-bond donors (Lipinski definition) is 2. The minimum Gasteiger partial charge on any atom is -1.00 e. The number of primary amides is 1. The van der Waals surface area contributed by atoms with Crippen LogP contribution in [0.25, 0.3) is 16.6 Å². The van der Waals surface area contributed by atoms with E-state index in [9.17, 15) is 4.79 Å². The maximum absolute atomic E-state index is 11.5. The number of quaternary nitrogens is 1. The van der Waals surface area contributed by atoms with Crippen LogP contribution in [0.4, 0.5) is 0 Å². The van der Waals surface area contributed by atoms with Gasteiger partial charge < -0.3 is 23.0 Å². The van der Waals surface area contributed by atoms with Crippen molar-refractivity contribution < 1.29 is 22.1 Å². The summed E-state index contributed by atoms with van der Waals surface area (Å²) in [5.74, 6) is -0.458. The standard InChI is InChI=1S/C17H18N4O.ClH/c1-20(2)10-12-6-8-14(9-7-12)21-11-13-4-3-5-15(17(18)22)16(13)19-21;/h3-9,11H,10H2,1-2H3,(H2,18,22);1H. The van der Waals surface area contributed by atoms with Crippen molar-refractivity contribution >= 4 is 16.8 Å². The first-order valence-corrected chi connectivity index (χ1v) is 7.21. The molecule has 3 rings (SSSR count). The van der Waals surface area contributed by atoms with Crippen LogP contribution < -0.4 is 23.0 Å². The maximum Gasteiger partial charge on any atom is 0.250 e. The third kappa shape index (κ3) is 3.52. The summed E-state index contributed by atoms with van der Waals surface area (Å²) in [5.41, 5.74) is 8.73. The third-order valence-electron chi connectivity index (χ3n) is 3.56. The van der Waals surface area contributed by atoms with Crippen molar-refractivity contribution in [2.75, 3.05) is 14.1 Å². The highest BCUT2D eigenvalue weighted by Gasteiger charge is 2.11. The summed E-state index contributed by atoms with van der Waals surface area (Å²) in [4.78, 5) is 12.9. The van der Waals surface area contributed by atoms with Gasteiger partial charge in [-0.05, 0) is 18.2 Å². The first-order valence-electron chi connectivity index (χ1n) is 7.21. The van der Waals surface area contributed by atoms with Crippen molar-refractivity contribution in [1.29, 1.82) is 0 Å². The average molecular weight is 331 g/mol. The van der Waals surface area contributed by atoms with E-state index in [2.05, 4.69) is 31.3 Å². The summed E-state index contributed by atoms with van der Waals surface area (Å²) in [6.45, 7) is 0.979. The van der Waals surface area contributed by atoms with E-state index in [1.807, 2.05) is 30.5 Å². The lowest BCUT2D eigenvalue weighted by atomic mass is 10.1. The van der Waals surface area contributed by atoms with Gasteiger partial charge in [-0.1, -0.05) is 24.3 Å². The predicted octanol–water partition coefficient (Wildman–Crippen LogP) is -2.23. The zero-order valence-corrected chi connectivity index (χ0v) is 13.8. The molecule has 3 N–H and O–H groups in total. The number of benzene rings is 2. The van der Waals surface area contributed by atoms with Gasteiger partial charge in [-0.25, -0.2) is 4.68 Å². The molecule has 2 aromatic carbocycles. The number of nitrogens with two attached hydrogens (primary N) is 1. The molecule has 1 amide bonds. The van der Waals surface area contributed by atoms with Gasteiger partial charge in [0.05, 0.1) is 25.3 Å². The highest BCUT2D eigenvalue weighted by atomic mass is 35.5. The number of nitrogens with zero attached hydrogens (tertiary/aromatic N) is 2. The molecule has 0 aliphatic carbocycles. The Morgan fingerprint density at radius 2 is 1.87 bits per heavy atom. The third-order valence-corrected chi connectivity index (χ3v) is 3.56. The van der Waals surface area contributed by atoms with Gasteiger partial charge in [0.15, 0.2) is 0 Å². The Hall–Kier alpha value is -2.37. The van der Waals surface area contributed by atoms with Crippen LogP contribution in [0.1, 0.15) is 15.9 Å². The second-order valence-corrected chi connectivity index (χ2v) is 5.73. The van der Waals surface area contributed by atoms with Crippen molar-refractivity contribution in [2.24, 2.45) is 5.73 Å². The van der Waals surface area contributed by atoms with E-state index >= 15 is 0 Å². The number of fused-ring (bicyclic) bond motifs is 1. The Balaban J connectivity index is 0.00000192. The van der Waals surface area contributed by atoms with Crippen molar-refractivity contribution in [3.8, 4) is 5.69 Å². The molecule has 6 heteroatoms. The van der Waals surface area contributed by atoms with Gasteiger partial charge in [0.25, 0.3) is 5.91 Å². The molecule has 0 bridgehead atoms. The van der Waals surface area contributed by atoms with Gasteiger partial charge in [0.1, 0.15) is 12.1 Å². The molecule has 0 atom stereocenters. The largest absolute Gasteiger partial charge is 1.00 e. The average Bonchev–Trinajstić information content (AvgIpc) is 2.90. The van der Waals surface area contributed by atoms with Gasteiger partial charge in [-0.2, -0.15) is 5.10 Å². The molecule has 3 aromatic rings. The molecule has 5 nitrogen and oxygen atoms in total. The lowest BCUT2D eigenvalue weighted by molar-refractivity contribution is -0.872. The van der Waals surface area contributed by atoms with Crippen LogP contribution in [0.3, 0.4) is 0 Å². The van der Waals surface area contributed by atoms with Gasteiger partial charge in [-0.3, -0.25) is 4.79 Å². The molecule has 1 aromatic heterocycles. The number of halogens is 1. The van der Waals surface area contributed by atoms with Crippen LogP contribution >= 0.6 is 0 Å². The van der Waals surface area contributed by atoms with Gasteiger partial charge in [0.2, 0.25) is 0 Å². The molecule has 23 heavy (non-hydrogen) atoms. The Labute approximate surface area is 141 Å². The molecule has 1 heterocycles. The molecule has 0 aliphatic heterocycles. The SMILES string of the molecule is C[NH+](C)Cc1ccc(-n2cc3cccc(C(N)=O)c3n2)cc1.[Cl-]. The van der Waals surface area contributed by atoms with Crippen molar-refractivity contribution in [2.45, 2.75) is 6.54 Å². The number of nitrogens with one attached hydrogen (secondary N) is 1. The Morgan fingerprint density at radius 1 is 1.17 bits per heavy atom. The smallest absolute Gasteiger partial charge is 0.250 e. The lowest BCUT2D eigenvalue weighted by Crippen LogP contribution is -3.04. The predicted molar refractivity (Wildman–Crippen MR) is 86.1 cm³/mol. The van der Waals surface area contributed by atoms with Crippen LogP contribution in [-0.4, -0.2) is 29.8 Å². The fourth-order valence-electron chi connectivity index (χ4n) is 2.55. The fourth-order valence-corrected chi connectivity index (χ4v) is 2.55. The first-order chi connectivity index (χ1) is 10.5. The molecular formula is C17H19ClN4O. The van der Waals surface area contributed by atoms with Gasteiger partial charge in [-0.15, -0.1) is 0 Å². The quantitative estimate of drug-likeness (QED) is 0.569. The minimum absolute atomic E-state index is 0. The number of aromatic nitrogens is 2. The van der Waals surface area contributed by atoms with E-state index < -0.39 is 5.91 Å². The number of carbonyl (C=O) groups is 1. The van der Waals surface area contributed by atoms with Crippen LogP contribution in [-0.2, 0) is 6.54 Å². The monoisotopic (exact) mass is 330 g/mol. The number of hydrogen-bond acceptors (Lipinski definition) is 2. The van der Waals surface area contributed by atoms with Crippen molar-refractivity contribution in [3.63, 3.8) is 0 Å². The molecule has 120 valence electrons. The molecule has 0 unspecified atom stereocenters. The summed E-state index contributed by atoms with van der Waals surface area (Å²) in [5, 5.41) is 5.41. The second kappa shape index (κ2) is 6.81. The van der Waals surface area contributed by atoms with E-state index in [1.165, 1.54) is 10.5 Å². The molecule has 0 fully saturated rings. The van der Waals surface area contributed by atoms with E-state index in [1.54, 1.807) is 10.7 Å². The van der Waals surface area contributed by atoms with E-state index in [0.29, 0.717) is 11.1 Å². The molecular weight excluding hydrogens is 312 g/mol. The van der Waals surface area contributed by atoms with Crippen LogP contribution in [0.5, 0.6) is 0 Å². The summed E-state index contributed by atoms with van der Waals surface area (Å²) >= 11 is 0. The topological polar surface area (TPSA) is 65.3 Å². The summed E-state index contributed by atoms with van der Waals surface area (Å²) in [6.07, 6.45) is 1.91. The van der Waals surface area contributed by atoms with Gasteiger partial charge in [0, 0.05) is 17.1 Å². The van der Waals surface area contributed by atoms with E-state index in [4.69, 9.17) is 5.73 Å². The number of amides is 1. The minimum atomic E-state index is -0.458. The molecule has 0 aliphatic rings. The number of carbonyl (C=O) groups excluding carboxylic acids is 1. The second-order valence-electron chi connectivity index (χ2n) is 5.73.